The van der Waals surface area contributed by atoms with Crippen LogP contribution in [0.1, 0.15) is 30.2 Å². The zero-order chi connectivity index (χ0) is 14.7. The number of anilines is 1. The lowest BCUT2D eigenvalue weighted by Crippen LogP contribution is -2.37. The molecule has 0 aliphatic carbocycles. The van der Waals surface area contributed by atoms with Crippen molar-refractivity contribution >= 4 is 5.69 Å². The maximum atomic E-state index is 4.56. The lowest BCUT2D eigenvalue weighted by Gasteiger charge is -2.27. The summed E-state index contributed by atoms with van der Waals surface area (Å²) in [5.41, 5.74) is 5.15. The van der Waals surface area contributed by atoms with E-state index in [2.05, 4.69) is 59.4 Å². The Morgan fingerprint density at radius 3 is 2.90 bits per heavy atom. The summed E-state index contributed by atoms with van der Waals surface area (Å²) in [5, 5.41) is 3.66. The molecule has 1 aliphatic heterocycles. The minimum absolute atomic E-state index is 0.529. The predicted octanol–water partition coefficient (Wildman–Crippen LogP) is 3.28. The number of rotatable bonds is 3. The van der Waals surface area contributed by atoms with Crippen LogP contribution in [0.2, 0.25) is 0 Å². The molecule has 1 aliphatic rings. The third kappa shape index (κ3) is 3.08. The number of aromatic nitrogens is 1. The van der Waals surface area contributed by atoms with Crippen LogP contribution in [0.15, 0.2) is 42.6 Å². The highest BCUT2D eigenvalue weighted by atomic mass is 15.2. The number of hydrogen-bond donors (Lipinski definition) is 1. The molecule has 110 valence electrons. The number of fused-ring (bicyclic) bond motifs is 1. The maximum absolute atomic E-state index is 4.56. The molecule has 2 aromatic rings. The highest BCUT2D eigenvalue weighted by Crippen LogP contribution is 2.25. The van der Waals surface area contributed by atoms with Crippen LogP contribution < -0.4 is 10.2 Å². The summed E-state index contributed by atoms with van der Waals surface area (Å²) in [6.45, 7) is 7.25. The van der Waals surface area contributed by atoms with Crippen molar-refractivity contribution in [1.82, 2.24) is 10.3 Å². The molecule has 1 aromatic heterocycles. The van der Waals surface area contributed by atoms with Crippen LogP contribution in [0.3, 0.4) is 0 Å². The Hall–Kier alpha value is -1.87. The van der Waals surface area contributed by atoms with E-state index in [4.69, 9.17) is 0 Å². The van der Waals surface area contributed by atoms with E-state index in [1.54, 1.807) is 0 Å². The van der Waals surface area contributed by atoms with Gasteiger partial charge in [-0.2, -0.15) is 0 Å². The van der Waals surface area contributed by atoms with E-state index in [-0.39, 0.29) is 0 Å². The van der Waals surface area contributed by atoms with Crippen molar-refractivity contribution in [2.45, 2.75) is 39.4 Å². The van der Waals surface area contributed by atoms with E-state index in [1.165, 1.54) is 22.5 Å². The molecular formula is C18H23N3. The van der Waals surface area contributed by atoms with Crippen LogP contribution in [0.5, 0.6) is 0 Å². The molecule has 1 unspecified atom stereocenters. The van der Waals surface area contributed by atoms with Crippen molar-refractivity contribution in [3.63, 3.8) is 0 Å². The van der Waals surface area contributed by atoms with E-state index in [0.717, 1.165) is 26.1 Å². The van der Waals surface area contributed by atoms with Gasteiger partial charge in [-0.1, -0.05) is 31.2 Å². The Morgan fingerprint density at radius 2 is 2.10 bits per heavy atom. The Kier molecular flexibility index (Phi) is 4.20. The molecule has 0 saturated heterocycles. The van der Waals surface area contributed by atoms with Crippen molar-refractivity contribution in [2.75, 3.05) is 11.4 Å². The van der Waals surface area contributed by atoms with Gasteiger partial charge < -0.3 is 10.2 Å². The number of benzene rings is 1. The normalized spacial score (nSPS) is 18.2. The van der Waals surface area contributed by atoms with E-state index in [1.807, 2.05) is 12.3 Å². The second kappa shape index (κ2) is 6.27. The van der Waals surface area contributed by atoms with Crippen molar-refractivity contribution < 1.29 is 0 Å². The molecule has 1 N–H and O–H groups in total. The molecule has 21 heavy (non-hydrogen) atoms. The molecule has 0 amide bonds. The molecule has 3 rings (SSSR count). The molecule has 0 saturated carbocycles. The van der Waals surface area contributed by atoms with Crippen LogP contribution in [0.4, 0.5) is 5.69 Å². The summed E-state index contributed by atoms with van der Waals surface area (Å²) in [7, 11) is 0. The fraction of sp³-hybridized carbons (Fsp3) is 0.389. The van der Waals surface area contributed by atoms with Gasteiger partial charge in [0.25, 0.3) is 0 Å². The number of nitrogens with one attached hydrogen (secondary N) is 1. The summed E-state index contributed by atoms with van der Waals surface area (Å²) in [6.07, 6.45) is 3.04. The average molecular weight is 281 g/mol. The molecular weight excluding hydrogens is 258 g/mol. The summed E-state index contributed by atoms with van der Waals surface area (Å²) < 4.78 is 0. The second-order valence-electron chi connectivity index (χ2n) is 5.76. The summed E-state index contributed by atoms with van der Waals surface area (Å²) in [5.74, 6) is 0. The van der Waals surface area contributed by atoms with Gasteiger partial charge in [0.05, 0.1) is 12.2 Å². The molecule has 0 spiro atoms. The number of aryl methyl sites for hydroxylation is 1. The first-order valence-electron chi connectivity index (χ1n) is 7.74. The summed E-state index contributed by atoms with van der Waals surface area (Å²) in [4.78, 5) is 7.04. The molecule has 0 radical (unpaired) electrons. The molecule has 1 atom stereocenters. The first-order valence-corrected chi connectivity index (χ1v) is 7.74. The Labute approximate surface area is 127 Å². The predicted molar refractivity (Wildman–Crippen MR) is 87.4 cm³/mol. The SMILES string of the molecule is CCC1CN(Cc2ncccc2C)c2ccccc2CN1. The molecule has 1 aromatic carbocycles. The zero-order valence-electron chi connectivity index (χ0n) is 12.8. The largest absolute Gasteiger partial charge is 0.364 e. The first kappa shape index (κ1) is 14.1. The number of pyridine rings is 1. The Bertz CT molecular complexity index is 609. The van der Waals surface area contributed by atoms with Crippen LogP contribution >= 0.6 is 0 Å². The van der Waals surface area contributed by atoms with Gasteiger partial charge in [0.1, 0.15) is 0 Å². The van der Waals surface area contributed by atoms with Crippen LogP contribution in [-0.4, -0.2) is 17.6 Å². The van der Waals surface area contributed by atoms with Crippen LogP contribution in [0, 0.1) is 6.92 Å². The fourth-order valence-corrected chi connectivity index (χ4v) is 2.94. The molecule has 0 fully saturated rings. The number of nitrogens with zero attached hydrogens (tertiary/aromatic N) is 2. The van der Waals surface area contributed by atoms with E-state index in [9.17, 15) is 0 Å². The summed E-state index contributed by atoms with van der Waals surface area (Å²) >= 11 is 0. The lowest BCUT2D eigenvalue weighted by atomic mass is 10.1. The van der Waals surface area contributed by atoms with Crippen LogP contribution in [-0.2, 0) is 13.1 Å². The third-order valence-electron chi connectivity index (χ3n) is 4.31. The van der Waals surface area contributed by atoms with Gasteiger partial charge in [0.15, 0.2) is 0 Å². The zero-order valence-corrected chi connectivity index (χ0v) is 12.8. The Balaban J connectivity index is 1.92. The monoisotopic (exact) mass is 281 g/mol. The number of hydrogen-bond acceptors (Lipinski definition) is 3. The smallest absolute Gasteiger partial charge is 0.0626 e. The van der Waals surface area contributed by atoms with Crippen molar-refractivity contribution in [2.24, 2.45) is 0 Å². The van der Waals surface area contributed by atoms with Gasteiger partial charge in [-0.15, -0.1) is 0 Å². The van der Waals surface area contributed by atoms with Gasteiger partial charge >= 0.3 is 0 Å². The van der Waals surface area contributed by atoms with E-state index in [0.29, 0.717) is 6.04 Å². The average Bonchev–Trinajstić information content (AvgIpc) is 2.69. The molecule has 2 heterocycles. The minimum Gasteiger partial charge on any atom is -0.364 e. The Morgan fingerprint density at radius 1 is 1.24 bits per heavy atom. The topological polar surface area (TPSA) is 28.2 Å². The molecule has 3 heteroatoms. The molecule has 3 nitrogen and oxygen atoms in total. The fourth-order valence-electron chi connectivity index (χ4n) is 2.94. The van der Waals surface area contributed by atoms with Crippen molar-refractivity contribution in [1.29, 1.82) is 0 Å². The van der Waals surface area contributed by atoms with Gasteiger partial charge in [-0.05, 0) is 36.6 Å². The highest BCUT2D eigenvalue weighted by Gasteiger charge is 2.20. The third-order valence-corrected chi connectivity index (χ3v) is 4.31. The van der Waals surface area contributed by atoms with Crippen molar-refractivity contribution in [3.05, 3.63) is 59.4 Å². The van der Waals surface area contributed by atoms with Crippen molar-refractivity contribution in [3.8, 4) is 0 Å². The summed E-state index contributed by atoms with van der Waals surface area (Å²) in [6, 6.07) is 13.4. The maximum Gasteiger partial charge on any atom is 0.0626 e. The first-order chi connectivity index (χ1) is 10.3. The highest BCUT2D eigenvalue weighted by molar-refractivity contribution is 5.55. The quantitative estimate of drug-likeness (QED) is 0.936. The second-order valence-corrected chi connectivity index (χ2v) is 5.76. The van der Waals surface area contributed by atoms with Gasteiger partial charge in [0.2, 0.25) is 0 Å². The minimum atomic E-state index is 0.529. The van der Waals surface area contributed by atoms with Gasteiger partial charge in [-0.3, -0.25) is 4.98 Å². The van der Waals surface area contributed by atoms with Crippen LogP contribution in [0.25, 0.3) is 0 Å². The molecule has 0 bridgehead atoms. The number of para-hydroxylation sites is 1. The van der Waals surface area contributed by atoms with E-state index < -0.39 is 0 Å². The van der Waals surface area contributed by atoms with Gasteiger partial charge in [0, 0.05) is 31.0 Å². The van der Waals surface area contributed by atoms with E-state index >= 15 is 0 Å². The van der Waals surface area contributed by atoms with Gasteiger partial charge in [-0.25, -0.2) is 0 Å². The lowest BCUT2D eigenvalue weighted by molar-refractivity contribution is 0.501. The standard InChI is InChI=1S/C18H23N3/c1-3-16-12-21(13-17-14(2)7-6-10-19-17)18-9-5-4-8-15(18)11-20-16/h4-10,16,20H,3,11-13H2,1-2H3.